The lowest BCUT2D eigenvalue weighted by Crippen LogP contribution is -2.26. The Morgan fingerprint density at radius 3 is 2.74 bits per heavy atom. The number of nitrogens with zero attached hydrogens (tertiary/aromatic N) is 1. The van der Waals surface area contributed by atoms with Crippen molar-refractivity contribution in [2.75, 3.05) is 6.26 Å². The molecule has 1 aliphatic heterocycles. The molecule has 122 valence electrons. The van der Waals surface area contributed by atoms with Crippen molar-refractivity contribution in [2.24, 2.45) is 11.6 Å². The summed E-state index contributed by atoms with van der Waals surface area (Å²) in [6.07, 6.45) is 12.1. The van der Waals surface area contributed by atoms with Crippen LogP contribution in [-0.2, 0) is 6.54 Å². The molecule has 23 heavy (non-hydrogen) atoms. The first-order valence-corrected chi connectivity index (χ1v) is 9.76. The van der Waals surface area contributed by atoms with Crippen molar-refractivity contribution in [3.8, 4) is 0 Å². The van der Waals surface area contributed by atoms with Crippen LogP contribution in [0.25, 0.3) is 5.70 Å². The molecule has 0 spiro atoms. The van der Waals surface area contributed by atoms with Crippen LogP contribution in [-0.4, -0.2) is 10.6 Å². The smallest absolute Gasteiger partial charge is 0.0743 e. The SMILES string of the molecule is C\C=C/C=C\C1=C\C(NN)=C(\N)c2ccccc2CN1SSC. The molecular formula is C17H22N4S2. The summed E-state index contributed by atoms with van der Waals surface area (Å²) in [5.74, 6) is 5.71. The molecule has 1 aromatic carbocycles. The third kappa shape index (κ3) is 4.37. The van der Waals surface area contributed by atoms with E-state index in [4.69, 9.17) is 11.6 Å². The highest BCUT2D eigenvalue weighted by atomic mass is 33.1. The Labute approximate surface area is 145 Å². The predicted octanol–water partition coefficient (Wildman–Crippen LogP) is 3.54. The molecule has 0 saturated carbocycles. The fourth-order valence-corrected chi connectivity index (χ4v) is 3.81. The van der Waals surface area contributed by atoms with Gasteiger partial charge in [-0.3, -0.25) is 5.84 Å². The third-order valence-corrected chi connectivity index (χ3v) is 5.04. The molecule has 1 heterocycles. The number of fused-ring (bicyclic) bond motifs is 1. The highest BCUT2D eigenvalue weighted by molar-refractivity contribution is 8.75. The Hall–Kier alpha value is -1.76. The molecule has 0 fully saturated rings. The second-order valence-electron chi connectivity index (χ2n) is 4.86. The van der Waals surface area contributed by atoms with E-state index in [1.807, 2.05) is 49.4 Å². The van der Waals surface area contributed by atoms with Gasteiger partial charge < -0.3 is 15.5 Å². The van der Waals surface area contributed by atoms with E-state index in [-0.39, 0.29) is 0 Å². The maximum atomic E-state index is 6.33. The van der Waals surface area contributed by atoms with Gasteiger partial charge >= 0.3 is 0 Å². The number of allylic oxidation sites excluding steroid dienone is 5. The maximum Gasteiger partial charge on any atom is 0.0743 e. The standard InChI is InChI=1S/C17H22N4S2/c1-3-4-5-9-14-11-16(20-19)17(18)15-10-7-6-8-13(15)12-21(14)23-22-2/h3-11,20H,12,18-19H2,1-2H3/b4-3-,9-5-,14-11-,17-16-. The maximum absolute atomic E-state index is 6.33. The van der Waals surface area contributed by atoms with Crippen LogP contribution in [0, 0.1) is 0 Å². The zero-order chi connectivity index (χ0) is 16.7. The number of hydrogen-bond acceptors (Lipinski definition) is 6. The number of benzene rings is 1. The molecule has 5 N–H and O–H groups in total. The predicted molar refractivity (Wildman–Crippen MR) is 104 cm³/mol. The van der Waals surface area contributed by atoms with Gasteiger partial charge in [0.05, 0.1) is 23.6 Å². The Bertz CT molecular complexity index is 662. The summed E-state index contributed by atoms with van der Waals surface area (Å²) in [6, 6.07) is 8.15. The molecule has 0 unspecified atom stereocenters. The minimum absolute atomic E-state index is 0.661. The van der Waals surface area contributed by atoms with Gasteiger partial charge in [0.2, 0.25) is 0 Å². The Morgan fingerprint density at radius 2 is 2.04 bits per heavy atom. The second-order valence-corrected chi connectivity index (χ2v) is 7.23. The van der Waals surface area contributed by atoms with E-state index >= 15 is 0 Å². The van der Waals surface area contributed by atoms with Crippen LogP contribution in [0.5, 0.6) is 0 Å². The molecule has 0 bridgehead atoms. The lowest BCUT2D eigenvalue weighted by atomic mass is 10.0. The fraction of sp³-hybridized carbons (Fsp3) is 0.176. The van der Waals surface area contributed by atoms with E-state index < -0.39 is 0 Å². The van der Waals surface area contributed by atoms with E-state index in [0.29, 0.717) is 11.4 Å². The van der Waals surface area contributed by atoms with E-state index in [9.17, 15) is 0 Å². The van der Waals surface area contributed by atoms with Gasteiger partial charge in [-0.25, -0.2) is 0 Å². The lowest BCUT2D eigenvalue weighted by molar-refractivity contribution is 0.588. The number of nitrogens with two attached hydrogens (primary N) is 2. The zero-order valence-electron chi connectivity index (χ0n) is 13.3. The summed E-state index contributed by atoms with van der Waals surface area (Å²) in [6.45, 7) is 2.76. The second kappa shape index (κ2) is 8.76. The number of hydrazine groups is 1. The van der Waals surface area contributed by atoms with Gasteiger partial charge in [-0.2, -0.15) is 0 Å². The third-order valence-electron chi connectivity index (χ3n) is 3.38. The fourth-order valence-electron chi connectivity index (χ4n) is 2.28. The molecule has 1 aliphatic rings. The summed E-state index contributed by atoms with van der Waals surface area (Å²) in [4.78, 5) is 0. The summed E-state index contributed by atoms with van der Waals surface area (Å²) >= 11 is 0. The average Bonchev–Trinajstić information content (AvgIpc) is 2.56. The topological polar surface area (TPSA) is 67.3 Å². The summed E-state index contributed by atoms with van der Waals surface area (Å²) < 4.78 is 2.23. The van der Waals surface area contributed by atoms with Crippen LogP contribution in [0.15, 0.2) is 66.0 Å². The minimum Gasteiger partial charge on any atom is -0.397 e. The molecular weight excluding hydrogens is 324 g/mol. The van der Waals surface area contributed by atoms with E-state index in [2.05, 4.69) is 28.1 Å². The van der Waals surface area contributed by atoms with Crippen LogP contribution in [0.4, 0.5) is 0 Å². The van der Waals surface area contributed by atoms with Crippen LogP contribution < -0.4 is 17.0 Å². The Balaban J connectivity index is 2.56. The van der Waals surface area contributed by atoms with Crippen molar-refractivity contribution in [1.29, 1.82) is 0 Å². The molecule has 2 rings (SSSR count). The first-order chi connectivity index (χ1) is 11.2. The van der Waals surface area contributed by atoms with Gasteiger partial charge in [-0.15, -0.1) is 0 Å². The van der Waals surface area contributed by atoms with Gasteiger partial charge in [0.15, 0.2) is 0 Å². The summed E-state index contributed by atoms with van der Waals surface area (Å²) in [7, 11) is 3.40. The Morgan fingerprint density at radius 1 is 1.26 bits per heavy atom. The molecule has 0 atom stereocenters. The van der Waals surface area contributed by atoms with Crippen molar-refractivity contribution in [3.05, 3.63) is 77.2 Å². The minimum atomic E-state index is 0.661. The lowest BCUT2D eigenvalue weighted by Gasteiger charge is -2.27. The van der Waals surface area contributed by atoms with E-state index in [1.54, 1.807) is 21.8 Å². The first-order valence-electron chi connectivity index (χ1n) is 7.25. The molecule has 1 aromatic rings. The number of nitrogens with one attached hydrogen (secondary N) is 1. The quantitative estimate of drug-likeness (QED) is 0.249. The number of hydrogen-bond donors (Lipinski definition) is 3. The van der Waals surface area contributed by atoms with Gasteiger partial charge in [0.1, 0.15) is 0 Å². The molecule has 0 aliphatic carbocycles. The number of rotatable bonds is 5. The normalized spacial score (nSPS) is 21.0. The van der Waals surface area contributed by atoms with Crippen molar-refractivity contribution in [2.45, 2.75) is 13.5 Å². The highest BCUT2D eigenvalue weighted by Crippen LogP contribution is 2.34. The van der Waals surface area contributed by atoms with Gasteiger partial charge in [-0.05, 0) is 30.9 Å². The molecule has 6 heteroatoms. The molecule has 0 saturated heterocycles. The van der Waals surface area contributed by atoms with Gasteiger partial charge in [0.25, 0.3) is 0 Å². The Kier molecular flexibility index (Phi) is 6.70. The molecule has 0 radical (unpaired) electrons. The summed E-state index contributed by atoms with van der Waals surface area (Å²) in [5, 5.41) is 0. The highest BCUT2D eigenvalue weighted by Gasteiger charge is 2.18. The van der Waals surface area contributed by atoms with Crippen molar-refractivity contribution in [3.63, 3.8) is 0 Å². The van der Waals surface area contributed by atoms with Crippen LogP contribution in [0.2, 0.25) is 0 Å². The first kappa shape index (κ1) is 17.6. The molecule has 0 amide bonds. The van der Waals surface area contributed by atoms with Crippen molar-refractivity contribution in [1.82, 2.24) is 9.73 Å². The molecule has 4 nitrogen and oxygen atoms in total. The summed E-state index contributed by atoms with van der Waals surface area (Å²) in [5.41, 5.74) is 13.7. The van der Waals surface area contributed by atoms with Gasteiger partial charge in [-0.1, -0.05) is 53.3 Å². The van der Waals surface area contributed by atoms with Crippen molar-refractivity contribution < 1.29 is 0 Å². The van der Waals surface area contributed by atoms with E-state index in [1.165, 1.54) is 5.56 Å². The van der Waals surface area contributed by atoms with Crippen molar-refractivity contribution >= 4 is 27.5 Å². The van der Waals surface area contributed by atoms with Crippen LogP contribution >= 0.6 is 21.8 Å². The largest absolute Gasteiger partial charge is 0.397 e. The van der Waals surface area contributed by atoms with Gasteiger partial charge in [0, 0.05) is 16.5 Å². The van der Waals surface area contributed by atoms with Crippen LogP contribution in [0.1, 0.15) is 18.1 Å². The monoisotopic (exact) mass is 346 g/mol. The van der Waals surface area contributed by atoms with E-state index in [0.717, 1.165) is 17.8 Å². The average molecular weight is 347 g/mol. The van der Waals surface area contributed by atoms with Crippen LogP contribution in [0.3, 0.4) is 0 Å². The molecule has 0 aromatic heterocycles. The zero-order valence-corrected chi connectivity index (χ0v) is 15.0.